The van der Waals surface area contributed by atoms with Crippen LogP contribution in [0.15, 0.2) is 72.1 Å². The second kappa shape index (κ2) is 8.68. The molecule has 0 bridgehead atoms. The third-order valence-corrected chi connectivity index (χ3v) is 5.39. The zero-order valence-electron chi connectivity index (χ0n) is 16.0. The minimum atomic E-state index is -4.47. The molecule has 2 aromatic heterocycles. The molecule has 0 unspecified atom stereocenters. The first-order valence-corrected chi connectivity index (χ1v) is 10.1. The van der Waals surface area contributed by atoms with Crippen LogP contribution >= 0.6 is 11.3 Å². The molecule has 0 aliphatic heterocycles. The third-order valence-electron chi connectivity index (χ3n) is 4.45. The molecule has 31 heavy (non-hydrogen) atoms. The Kier molecular flexibility index (Phi) is 5.81. The molecule has 0 fully saturated rings. The summed E-state index contributed by atoms with van der Waals surface area (Å²) in [5, 5.41) is 16.5. The molecule has 1 N–H and O–H groups in total. The molecule has 0 spiro atoms. The van der Waals surface area contributed by atoms with Crippen molar-refractivity contribution in [1.82, 2.24) is 25.5 Å². The molecule has 2 heterocycles. The van der Waals surface area contributed by atoms with Crippen molar-refractivity contribution in [2.24, 2.45) is 0 Å². The van der Waals surface area contributed by atoms with Crippen LogP contribution in [0.4, 0.5) is 13.2 Å². The number of benzene rings is 2. The number of nitrogens with one attached hydrogen (secondary N) is 1. The summed E-state index contributed by atoms with van der Waals surface area (Å²) < 4.78 is 38.8. The summed E-state index contributed by atoms with van der Waals surface area (Å²) in [4.78, 5) is 14.7. The van der Waals surface area contributed by atoms with Gasteiger partial charge >= 0.3 is 6.18 Å². The summed E-state index contributed by atoms with van der Waals surface area (Å²) in [7, 11) is 0. The smallest absolute Gasteiger partial charge is 0.343 e. The van der Waals surface area contributed by atoms with Gasteiger partial charge in [0.1, 0.15) is 6.54 Å². The second-order valence-corrected chi connectivity index (χ2v) is 7.63. The maximum Gasteiger partial charge on any atom is 0.416 e. The number of thiophene rings is 1. The largest absolute Gasteiger partial charge is 0.416 e. The average Bonchev–Trinajstić information content (AvgIpc) is 3.45. The third kappa shape index (κ3) is 4.97. The van der Waals surface area contributed by atoms with Crippen molar-refractivity contribution >= 4 is 17.2 Å². The van der Waals surface area contributed by atoms with Crippen LogP contribution < -0.4 is 5.32 Å². The molecule has 0 aliphatic rings. The van der Waals surface area contributed by atoms with Gasteiger partial charge in [-0.3, -0.25) is 4.79 Å². The van der Waals surface area contributed by atoms with Crippen molar-refractivity contribution in [3.8, 4) is 11.4 Å². The monoisotopic (exact) mass is 443 g/mol. The number of rotatable bonds is 6. The van der Waals surface area contributed by atoms with Gasteiger partial charge < -0.3 is 5.32 Å². The summed E-state index contributed by atoms with van der Waals surface area (Å²) in [6, 6.07) is 17.7. The summed E-state index contributed by atoms with van der Waals surface area (Å²) in [6.07, 6.45) is -4.47. The highest BCUT2D eigenvalue weighted by Crippen LogP contribution is 2.31. The van der Waals surface area contributed by atoms with Crippen molar-refractivity contribution < 1.29 is 18.0 Å². The van der Waals surface area contributed by atoms with Crippen molar-refractivity contribution in [2.75, 3.05) is 0 Å². The number of aromatic nitrogens is 4. The number of carbonyl (C=O) groups excluding carboxylic acids is 1. The second-order valence-electron chi connectivity index (χ2n) is 6.65. The normalized spacial score (nSPS) is 12.5. The lowest BCUT2D eigenvalue weighted by molar-refractivity contribution is -0.137. The topological polar surface area (TPSA) is 72.7 Å². The van der Waals surface area contributed by atoms with Crippen LogP contribution in [0.5, 0.6) is 0 Å². The first-order chi connectivity index (χ1) is 14.9. The zero-order valence-corrected chi connectivity index (χ0v) is 16.8. The van der Waals surface area contributed by atoms with E-state index < -0.39 is 11.7 Å². The molecule has 4 rings (SSSR count). The summed E-state index contributed by atoms with van der Waals surface area (Å²) in [6.45, 7) is -0.222. The van der Waals surface area contributed by atoms with Crippen LogP contribution in [0, 0.1) is 0 Å². The molecule has 0 saturated heterocycles. The Hall–Kier alpha value is -3.53. The molecule has 0 radical (unpaired) electrons. The summed E-state index contributed by atoms with van der Waals surface area (Å²) in [5.41, 5.74) is 0.289. The van der Waals surface area contributed by atoms with Crippen LogP contribution in [0.1, 0.15) is 22.0 Å². The number of alkyl halides is 3. The van der Waals surface area contributed by atoms with Crippen LogP contribution in [0.25, 0.3) is 11.4 Å². The van der Waals surface area contributed by atoms with Gasteiger partial charge in [0, 0.05) is 10.4 Å². The number of carbonyl (C=O) groups is 1. The predicted molar refractivity (Wildman–Crippen MR) is 109 cm³/mol. The minimum Gasteiger partial charge on any atom is -0.343 e. The molecule has 4 aromatic rings. The molecule has 0 aliphatic carbocycles. The number of hydrogen-bond donors (Lipinski definition) is 1. The molecule has 6 nitrogen and oxygen atoms in total. The van der Waals surface area contributed by atoms with E-state index in [0.29, 0.717) is 0 Å². The molecule has 1 atom stereocenters. The van der Waals surface area contributed by atoms with Crippen LogP contribution in [-0.4, -0.2) is 26.1 Å². The van der Waals surface area contributed by atoms with Gasteiger partial charge in [-0.05, 0) is 34.4 Å². The van der Waals surface area contributed by atoms with Crippen molar-refractivity contribution in [3.05, 3.63) is 88.1 Å². The Morgan fingerprint density at radius 1 is 1.06 bits per heavy atom. The van der Waals surface area contributed by atoms with Crippen LogP contribution in [0.3, 0.4) is 0 Å². The van der Waals surface area contributed by atoms with Gasteiger partial charge in [0.25, 0.3) is 0 Å². The van der Waals surface area contributed by atoms with Crippen LogP contribution in [0.2, 0.25) is 0 Å². The Morgan fingerprint density at radius 3 is 2.58 bits per heavy atom. The highest BCUT2D eigenvalue weighted by molar-refractivity contribution is 7.10. The van der Waals surface area contributed by atoms with Gasteiger partial charge in [-0.2, -0.15) is 18.0 Å². The van der Waals surface area contributed by atoms with E-state index in [0.717, 1.165) is 27.4 Å². The number of tetrazole rings is 1. The lowest BCUT2D eigenvalue weighted by Crippen LogP contribution is -2.32. The van der Waals surface area contributed by atoms with Gasteiger partial charge in [0.2, 0.25) is 11.7 Å². The summed E-state index contributed by atoms with van der Waals surface area (Å²) >= 11 is 1.52. The first kappa shape index (κ1) is 20.7. The zero-order chi connectivity index (χ0) is 21.8. The van der Waals surface area contributed by atoms with Gasteiger partial charge in [-0.15, -0.1) is 21.5 Å². The Labute approximate surface area is 179 Å². The first-order valence-electron chi connectivity index (χ1n) is 9.23. The maximum absolute atomic E-state index is 12.9. The highest BCUT2D eigenvalue weighted by Gasteiger charge is 2.30. The molecule has 158 valence electrons. The minimum absolute atomic E-state index is 0.0109. The lowest BCUT2D eigenvalue weighted by atomic mass is 10.1. The Balaban J connectivity index is 1.49. The Morgan fingerprint density at radius 2 is 1.87 bits per heavy atom. The fourth-order valence-corrected chi connectivity index (χ4v) is 3.82. The van der Waals surface area contributed by atoms with Gasteiger partial charge in [0.15, 0.2) is 0 Å². The van der Waals surface area contributed by atoms with E-state index in [-0.39, 0.29) is 29.9 Å². The van der Waals surface area contributed by atoms with E-state index in [9.17, 15) is 18.0 Å². The highest BCUT2D eigenvalue weighted by atomic mass is 32.1. The standard InChI is InChI=1S/C21H16F3N5OS/c22-21(23,24)16-9-4-8-15(12-16)20-26-28-29(27-20)13-18(30)25-19(17-10-5-11-31-17)14-6-2-1-3-7-14/h1-12,19H,13H2,(H,25,30)/t19-/m1/s1. The molecular weight excluding hydrogens is 427 g/mol. The maximum atomic E-state index is 12.9. The van der Waals surface area contributed by atoms with Crippen molar-refractivity contribution in [1.29, 1.82) is 0 Å². The number of nitrogens with zero attached hydrogens (tertiary/aromatic N) is 4. The molecule has 1 amide bonds. The van der Waals surface area contributed by atoms with E-state index in [1.807, 2.05) is 47.8 Å². The van der Waals surface area contributed by atoms with E-state index in [2.05, 4.69) is 20.7 Å². The predicted octanol–water partition coefficient (Wildman–Crippen LogP) is 4.33. The number of hydrogen-bond acceptors (Lipinski definition) is 5. The van der Waals surface area contributed by atoms with Crippen molar-refractivity contribution in [3.63, 3.8) is 0 Å². The fraction of sp³-hybridized carbons (Fsp3) is 0.143. The van der Waals surface area contributed by atoms with E-state index in [4.69, 9.17) is 0 Å². The quantitative estimate of drug-likeness (QED) is 0.482. The van der Waals surface area contributed by atoms with Crippen molar-refractivity contribution in [2.45, 2.75) is 18.8 Å². The summed E-state index contributed by atoms with van der Waals surface area (Å²) in [5.74, 6) is -0.341. The number of amides is 1. The lowest BCUT2D eigenvalue weighted by Gasteiger charge is -2.17. The van der Waals surface area contributed by atoms with E-state index in [1.165, 1.54) is 23.5 Å². The molecule has 10 heteroatoms. The van der Waals surface area contributed by atoms with Gasteiger partial charge in [-0.1, -0.05) is 48.5 Å². The SMILES string of the molecule is O=C(Cn1nnc(-c2cccc(C(F)(F)F)c2)n1)N[C@H](c1ccccc1)c1cccs1. The average molecular weight is 443 g/mol. The van der Waals surface area contributed by atoms with Gasteiger partial charge in [0.05, 0.1) is 11.6 Å². The molecule has 2 aromatic carbocycles. The van der Waals surface area contributed by atoms with Gasteiger partial charge in [-0.25, -0.2) is 0 Å². The molecular formula is C21H16F3N5OS. The van der Waals surface area contributed by atoms with E-state index >= 15 is 0 Å². The van der Waals surface area contributed by atoms with Crippen LogP contribution in [-0.2, 0) is 17.5 Å². The molecule has 0 saturated carbocycles. The fourth-order valence-electron chi connectivity index (χ4n) is 3.02. The van der Waals surface area contributed by atoms with E-state index in [1.54, 1.807) is 0 Å². The number of halogens is 3. The Bertz CT molecular complexity index is 1160.